The Morgan fingerprint density at radius 3 is 2.56 bits per heavy atom. The molecule has 8 nitrogen and oxygen atoms in total. The van der Waals surface area contributed by atoms with Crippen LogP contribution in [0.25, 0.3) is 11.3 Å². The van der Waals surface area contributed by atoms with E-state index in [0.29, 0.717) is 34.0 Å². The van der Waals surface area contributed by atoms with Gasteiger partial charge in [0.1, 0.15) is 6.07 Å². The summed E-state index contributed by atoms with van der Waals surface area (Å²) in [6, 6.07) is 13.6. The number of benzene rings is 2. The second-order valence-electron chi connectivity index (χ2n) is 11.9. The molecule has 4 rings (SSSR count). The molecule has 0 bridgehead atoms. The Labute approximate surface area is 231 Å². The predicted molar refractivity (Wildman–Crippen MR) is 156 cm³/mol. The van der Waals surface area contributed by atoms with Gasteiger partial charge in [0, 0.05) is 29.4 Å². The van der Waals surface area contributed by atoms with Crippen LogP contribution in [0.5, 0.6) is 0 Å². The molecule has 0 saturated carbocycles. The van der Waals surface area contributed by atoms with Gasteiger partial charge in [0.15, 0.2) is 8.32 Å². The zero-order valence-electron chi connectivity index (χ0n) is 23.5. The van der Waals surface area contributed by atoms with Crippen LogP contribution in [0.15, 0.2) is 36.5 Å². The molecule has 2 heterocycles. The van der Waals surface area contributed by atoms with Gasteiger partial charge >= 0.3 is 0 Å². The average Bonchev–Trinajstić information content (AvgIpc) is 3.24. The molecule has 0 unspecified atom stereocenters. The van der Waals surface area contributed by atoms with Crippen LogP contribution in [0.4, 0.5) is 17.3 Å². The van der Waals surface area contributed by atoms with Gasteiger partial charge in [-0.05, 0) is 84.9 Å². The molecule has 0 spiro atoms. The summed E-state index contributed by atoms with van der Waals surface area (Å²) in [5.74, 6) is 0.353. The molecule has 4 N–H and O–H groups in total. The fraction of sp³-hybridized carbons (Fsp3) is 0.400. The number of nitriles is 2. The number of fused-ring (bicyclic) bond motifs is 1. The van der Waals surface area contributed by atoms with E-state index in [-0.39, 0.29) is 17.1 Å². The minimum absolute atomic E-state index is 0.140. The lowest BCUT2D eigenvalue weighted by Gasteiger charge is -2.38. The Kier molecular flexibility index (Phi) is 7.55. The molecule has 2 aromatic carbocycles. The molecule has 1 aliphatic heterocycles. The second-order valence-corrected chi connectivity index (χ2v) is 16.4. The molecule has 0 fully saturated rings. The van der Waals surface area contributed by atoms with Crippen molar-refractivity contribution in [1.82, 2.24) is 9.97 Å². The van der Waals surface area contributed by atoms with E-state index < -0.39 is 8.32 Å². The molecule has 0 saturated heterocycles. The van der Waals surface area contributed by atoms with Crippen LogP contribution < -0.4 is 10.6 Å². The van der Waals surface area contributed by atoms with Crippen molar-refractivity contribution in [2.24, 2.45) is 0 Å². The van der Waals surface area contributed by atoms with Crippen molar-refractivity contribution in [2.45, 2.75) is 70.7 Å². The summed E-state index contributed by atoms with van der Waals surface area (Å²) in [4.78, 5) is 19.9. The van der Waals surface area contributed by atoms with E-state index >= 15 is 0 Å². The summed E-state index contributed by atoms with van der Waals surface area (Å²) >= 11 is 0. The first-order chi connectivity index (χ1) is 18.3. The number of rotatable bonds is 8. The van der Waals surface area contributed by atoms with Gasteiger partial charge in [-0.3, -0.25) is 0 Å². The molecule has 1 aromatic heterocycles. The third-order valence-electron chi connectivity index (χ3n) is 8.53. The van der Waals surface area contributed by atoms with Gasteiger partial charge in [-0.25, -0.2) is 9.97 Å². The van der Waals surface area contributed by atoms with Gasteiger partial charge in [0.2, 0.25) is 5.95 Å². The molecule has 1 atom stereocenters. The van der Waals surface area contributed by atoms with E-state index in [4.69, 9.17) is 4.98 Å². The molecule has 202 valence electrons. The van der Waals surface area contributed by atoms with E-state index in [1.54, 1.807) is 18.3 Å². The van der Waals surface area contributed by atoms with Crippen LogP contribution >= 0.6 is 0 Å². The number of hydrogen-bond acceptors (Lipinski definition) is 8. The summed E-state index contributed by atoms with van der Waals surface area (Å²) in [6.07, 6.45) is 3.42. The molecule has 39 heavy (non-hydrogen) atoms. The van der Waals surface area contributed by atoms with Gasteiger partial charge in [0.25, 0.3) is 0 Å². The Bertz CT molecular complexity index is 1500. The SMILES string of the molecule is Cc1c(CO)cc(C#N)cc1Nc1nccc(-c2cc(C#N)c3c(c2)[C@@](C)(CCC(C)(C)[Si](C)(C)O)CN3)n1. The van der Waals surface area contributed by atoms with Gasteiger partial charge in [0.05, 0.1) is 35.2 Å². The molecular formula is C30H36N6O2Si. The number of anilines is 3. The Morgan fingerprint density at radius 2 is 1.92 bits per heavy atom. The van der Waals surface area contributed by atoms with E-state index in [0.717, 1.165) is 41.8 Å². The van der Waals surface area contributed by atoms with Crippen LogP contribution in [-0.4, -0.2) is 34.7 Å². The fourth-order valence-electron chi connectivity index (χ4n) is 4.87. The van der Waals surface area contributed by atoms with Crippen molar-refractivity contribution in [3.63, 3.8) is 0 Å². The molecule has 0 radical (unpaired) electrons. The average molecular weight is 541 g/mol. The van der Waals surface area contributed by atoms with E-state index in [2.05, 4.69) is 54.6 Å². The number of aromatic nitrogens is 2. The second kappa shape index (κ2) is 10.4. The van der Waals surface area contributed by atoms with E-state index in [1.807, 2.05) is 32.2 Å². The van der Waals surface area contributed by atoms with Crippen LogP contribution in [-0.2, 0) is 12.0 Å². The summed E-state index contributed by atoms with van der Waals surface area (Å²) in [7, 11) is -2.35. The normalized spacial score (nSPS) is 16.7. The maximum atomic E-state index is 10.8. The monoisotopic (exact) mass is 540 g/mol. The number of hydrogen-bond donors (Lipinski definition) is 4. The largest absolute Gasteiger partial charge is 0.432 e. The standard InChI is InChI=1S/C30H36N6O2Si/c1-19-23(17-37)11-20(15-31)12-26(19)36-28-33-10-7-25(35-28)21-13-22(16-32)27-24(14-21)30(4,18-34-27)9-8-29(2,3)39(5,6)38/h7,10-14,34,37-38H,8-9,17-18H2,1-6H3,(H,33,35,36)/t30-/m0/s1. The van der Waals surface area contributed by atoms with Crippen LogP contribution in [0, 0.1) is 29.6 Å². The van der Waals surface area contributed by atoms with Gasteiger partial charge in [-0.15, -0.1) is 0 Å². The zero-order valence-corrected chi connectivity index (χ0v) is 24.5. The summed E-state index contributed by atoms with van der Waals surface area (Å²) in [6.45, 7) is 12.9. The van der Waals surface area contributed by atoms with Crippen molar-refractivity contribution < 1.29 is 9.90 Å². The highest BCUT2D eigenvalue weighted by atomic mass is 28.4. The molecule has 1 aliphatic rings. The van der Waals surface area contributed by atoms with Crippen molar-refractivity contribution in [3.05, 3.63) is 64.3 Å². The maximum Gasteiger partial charge on any atom is 0.227 e. The van der Waals surface area contributed by atoms with Crippen molar-refractivity contribution in [1.29, 1.82) is 10.5 Å². The number of aliphatic hydroxyl groups is 1. The lowest BCUT2D eigenvalue weighted by atomic mass is 9.77. The molecule has 3 aromatic rings. The highest BCUT2D eigenvalue weighted by Gasteiger charge is 2.42. The lowest BCUT2D eigenvalue weighted by molar-refractivity contribution is 0.281. The zero-order chi connectivity index (χ0) is 28.6. The minimum Gasteiger partial charge on any atom is -0.432 e. The van der Waals surface area contributed by atoms with Crippen LogP contribution in [0.3, 0.4) is 0 Å². The first kappa shape index (κ1) is 28.3. The van der Waals surface area contributed by atoms with E-state index in [9.17, 15) is 20.4 Å². The fourth-order valence-corrected chi connectivity index (χ4v) is 5.61. The van der Waals surface area contributed by atoms with Crippen LogP contribution in [0.2, 0.25) is 18.1 Å². The van der Waals surface area contributed by atoms with Crippen molar-refractivity contribution in [3.8, 4) is 23.4 Å². The Balaban J connectivity index is 1.70. The Hall–Kier alpha value is -3.76. The topological polar surface area (TPSA) is 138 Å². The predicted octanol–water partition coefficient (Wildman–Crippen LogP) is 5.87. The molecule has 0 aliphatic carbocycles. The molecular weight excluding hydrogens is 504 g/mol. The molecule has 9 heteroatoms. The highest BCUT2D eigenvalue weighted by Crippen LogP contribution is 2.48. The van der Waals surface area contributed by atoms with Gasteiger partial charge in [-0.2, -0.15) is 10.5 Å². The third-order valence-corrected chi connectivity index (χ3v) is 12.1. The van der Waals surface area contributed by atoms with Crippen LogP contribution in [0.1, 0.15) is 61.4 Å². The quantitative estimate of drug-likeness (QED) is 0.260. The maximum absolute atomic E-state index is 10.8. The Morgan fingerprint density at radius 1 is 1.18 bits per heavy atom. The number of nitrogens with one attached hydrogen (secondary N) is 2. The van der Waals surface area contributed by atoms with Gasteiger partial charge < -0.3 is 20.5 Å². The highest BCUT2D eigenvalue weighted by molar-refractivity contribution is 6.72. The lowest BCUT2D eigenvalue weighted by Crippen LogP contribution is -2.40. The summed E-state index contributed by atoms with van der Waals surface area (Å²) < 4.78 is 0. The van der Waals surface area contributed by atoms with E-state index in [1.165, 1.54) is 0 Å². The summed E-state index contributed by atoms with van der Waals surface area (Å²) in [5.41, 5.74) is 6.37. The first-order valence-corrected chi connectivity index (χ1v) is 16.1. The molecule has 0 amide bonds. The third kappa shape index (κ3) is 5.53. The van der Waals surface area contributed by atoms with Crippen molar-refractivity contribution in [2.75, 3.05) is 17.2 Å². The summed E-state index contributed by atoms with van der Waals surface area (Å²) in [5, 5.41) is 35.6. The van der Waals surface area contributed by atoms with Gasteiger partial charge in [-0.1, -0.05) is 20.8 Å². The smallest absolute Gasteiger partial charge is 0.227 e. The minimum atomic E-state index is -2.35. The first-order valence-electron chi connectivity index (χ1n) is 13.1. The number of nitrogens with zero attached hydrogens (tertiary/aromatic N) is 4. The van der Waals surface area contributed by atoms with Crippen molar-refractivity contribution >= 4 is 25.6 Å². The number of aliphatic hydroxyl groups excluding tert-OH is 1.